The Morgan fingerprint density at radius 2 is 2.18 bits per heavy atom. The first-order valence-corrected chi connectivity index (χ1v) is 10.6. The van der Waals surface area contributed by atoms with Crippen molar-refractivity contribution >= 4 is 38.5 Å². The van der Waals surface area contributed by atoms with Crippen LogP contribution in [0.2, 0.25) is 0 Å². The van der Waals surface area contributed by atoms with Crippen LogP contribution < -0.4 is 15.0 Å². The molecule has 5 rings (SSSR count). The molecule has 9 heteroatoms. The summed E-state index contributed by atoms with van der Waals surface area (Å²) in [6, 6.07) is 4.35. The number of nitrogens with one attached hydrogen (secondary N) is 1. The third kappa shape index (κ3) is 3.27. The molecule has 150 valence electrons. The maximum Gasteiger partial charge on any atom is 0.432 e. The number of methoxy groups -OCH3 is 1. The van der Waals surface area contributed by atoms with Gasteiger partial charge in [0.05, 0.1) is 30.7 Å². The lowest BCUT2D eigenvalue weighted by atomic mass is 10.1. The first kappa shape index (κ1) is 18.0. The zero-order chi connectivity index (χ0) is 19.1. The second-order valence-corrected chi connectivity index (χ2v) is 8.52. The standard InChI is InChI=1S/C19H24N4O4S/c1-25-15-5-4-14(22-6-8-26-9-7-22)17-16(15)20-18(28-17)21-19(24)27-23-11-12-2-3-13(23)10-12/h4-5,12-13H,2-3,6-11H2,1H3,(H,20,21,24)/t12-,13+/m1/s1. The zero-order valence-electron chi connectivity index (χ0n) is 15.8. The van der Waals surface area contributed by atoms with Crippen LogP contribution in [0.4, 0.5) is 15.6 Å². The van der Waals surface area contributed by atoms with E-state index in [-0.39, 0.29) is 0 Å². The number of hydrogen-bond acceptors (Lipinski definition) is 8. The number of hydroxylamine groups is 2. The summed E-state index contributed by atoms with van der Waals surface area (Å²) in [5.41, 5.74) is 1.85. The van der Waals surface area contributed by atoms with E-state index in [9.17, 15) is 4.79 Å². The van der Waals surface area contributed by atoms with Crippen molar-refractivity contribution in [1.29, 1.82) is 0 Å². The number of piperidine rings is 1. The van der Waals surface area contributed by atoms with Gasteiger partial charge in [-0.15, -0.1) is 5.06 Å². The molecule has 2 saturated heterocycles. The number of hydrogen-bond donors (Lipinski definition) is 1. The van der Waals surface area contributed by atoms with Crippen molar-refractivity contribution in [2.75, 3.05) is 50.2 Å². The van der Waals surface area contributed by atoms with Gasteiger partial charge in [-0.2, -0.15) is 0 Å². The molecule has 1 amide bonds. The Kier molecular flexibility index (Phi) is 4.73. The van der Waals surface area contributed by atoms with Crippen molar-refractivity contribution in [2.45, 2.75) is 25.3 Å². The fraction of sp³-hybridized carbons (Fsp3) is 0.579. The molecule has 1 saturated carbocycles. The normalized spacial score (nSPS) is 24.7. The van der Waals surface area contributed by atoms with Crippen molar-refractivity contribution in [3.63, 3.8) is 0 Å². The summed E-state index contributed by atoms with van der Waals surface area (Å²) in [5.74, 6) is 1.36. The monoisotopic (exact) mass is 404 g/mol. The summed E-state index contributed by atoms with van der Waals surface area (Å²) in [6.07, 6.45) is 3.01. The molecule has 0 spiro atoms. The molecule has 2 aromatic rings. The van der Waals surface area contributed by atoms with Crippen molar-refractivity contribution in [1.82, 2.24) is 10.0 Å². The van der Waals surface area contributed by atoms with Crippen molar-refractivity contribution in [3.8, 4) is 5.75 Å². The summed E-state index contributed by atoms with van der Waals surface area (Å²) in [6.45, 7) is 3.93. The van der Waals surface area contributed by atoms with Crippen LogP contribution in [0.25, 0.3) is 10.2 Å². The van der Waals surface area contributed by atoms with E-state index in [1.54, 1.807) is 7.11 Å². The summed E-state index contributed by atoms with van der Waals surface area (Å²) in [5, 5.41) is 5.15. The maximum absolute atomic E-state index is 12.4. The highest BCUT2D eigenvalue weighted by Crippen LogP contribution is 2.40. The molecule has 0 radical (unpaired) electrons. The average Bonchev–Trinajstić information content (AvgIpc) is 3.43. The van der Waals surface area contributed by atoms with Gasteiger partial charge in [0.25, 0.3) is 0 Å². The van der Waals surface area contributed by atoms with Crippen molar-refractivity contribution in [2.24, 2.45) is 5.92 Å². The number of morpholine rings is 1. The van der Waals surface area contributed by atoms with E-state index >= 15 is 0 Å². The van der Waals surface area contributed by atoms with E-state index in [1.807, 2.05) is 17.2 Å². The van der Waals surface area contributed by atoms with E-state index in [1.165, 1.54) is 17.8 Å². The molecule has 3 heterocycles. The van der Waals surface area contributed by atoms with E-state index in [0.717, 1.165) is 48.4 Å². The Morgan fingerprint density at radius 3 is 2.89 bits per heavy atom. The van der Waals surface area contributed by atoms with Gasteiger partial charge in [-0.1, -0.05) is 11.3 Å². The minimum atomic E-state index is -0.474. The highest BCUT2D eigenvalue weighted by Gasteiger charge is 2.40. The van der Waals surface area contributed by atoms with Gasteiger partial charge in [0.2, 0.25) is 0 Å². The quantitative estimate of drug-likeness (QED) is 0.839. The van der Waals surface area contributed by atoms with Crippen LogP contribution in [0.3, 0.4) is 0 Å². The van der Waals surface area contributed by atoms with Gasteiger partial charge in [-0.25, -0.2) is 9.78 Å². The van der Waals surface area contributed by atoms with Crippen molar-refractivity contribution < 1.29 is 19.1 Å². The number of aromatic nitrogens is 1. The Hall–Kier alpha value is -2.10. The van der Waals surface area contributed by atoms with E-state index in [4.69, 9.17) is 14.3 Å². The zero-order valence-corrected chi connectivity index (χ0v) is 16.7. The van der Waals surface area contributed by atoms with E-state index < -0.39 is 6.09 Å². The van der Waals surface area contributed by atoms with Gasteiger partial charge in [0.15, 0.2) is 5.13 Å². The van der Waals surface area contributed by atoms with Gasteiger partial charge in [0, 0.05) is 25.7 Å². The molecule has 1 aromatic heterocycles. The fourth-order valence-corrected chi connectivity index (χ4v) is 5.46. The molecular weight excluding hydrogens is 380 g/mol. The minimum Gasteiger partial charge on any atom is -0.494 e. The second kappa shape index (κ2) is 7.38. The predicted octanol–water partition coefficient (Wildman–Crippen LogP) is 3.09. The van der Waals surface area contributed by atoms with Crippen LogP contribution in [-0.2, 0) is 9.57 Å². The molecule has 3 fully saturated rings. The molecule has 1 aliphatic carbocycles. The molecule has 2 atom stereocenters. The van der Waals surface area contributed by atoms with Crippen LogP contribution in [0, 0.1) is 5.92 Å². The number of anilines is 2. The Labute approximate surface area is 167 Å². The average molecular weight is 404 g/mol. The van der Waals surface area contributed by atoms with E-state index in [0.29, 0.717) is 36.1 Å². The molecule has 1 aromatic carbocycles. The van der Waals surface area contributed by atoms with Gasteiger partial charge in [-0.3, -0.25) is 5.32 Å². The lowest BCUT2D eigenvalue weighted by Gasteiger charge is -2.29. The SMILES string of the molecule is COc1ccc(N2CCOCC2)c2sc(NC(=O)ON3C[C@@H]4CC[C@H]3C4)nc12. The summed E-state index contributed by atoms with van der Waals surface area (Å²) >= 11 is 1.44. The summed E-state index contributed by atoms with van der Waals surface area (Å²) in [4.78, 5) is 24.8. The highest BCUT2D eigenvalue weighted by molar-refractivity contribution is 7.23. The maximum atomic E-state index is 12.4. The molecule has 1 N–H and O–H groups in total. The Balaban J connectivity index is 1.36. The number of carbonyl (C=O) groups excluding carboxylic acids is 1. The van der Waals surface area contributed by atoms with Gasteiger partial charge < -0.3 is 19.2 Å². The van der Waals surface area contributed by atoms with Gasteiger partial charge in [0.1, 0.15) is 11.3 Å². The van der Waals surface area contributed by atoms with E-state index in [2.05, 4.69) is 15.2 Å². The molecule has 3 aliphatic rings. The smallest absolute Gasteiger partial charge is 0.432 e. The number of carbonyl (C=O) groups is 1. The minimum absolute atomic E-state index is 0.374. The molecule has 8 nitrogen and oxygen atoms in total. The Morgan fingerprint density at radius 1 is 1.32 bits per heavy atom. The summed E-state index contributed by atoms with van der Waals surface area (Å²) < 4.78 is 11.9. The number of rotatable bonds is 4. The first-order valence-electron chi connectivity index (χ1n) is 9.77. The molecule has 2 aliphatic heterocycles. The van der Waals surface area contributed by atoms with Crippen molar-refractivity contribution in [3.05, 3.63) is 12.1 Å². The second-order valence-electron chi connectivity index (χ2n) is 7.52. The lowest BCUT2D eigenvalue weighted by molar-refractivity contribution is -0.115. The molecule has 28 heavy (non-hydrogen) atoms. The number of fused-ring (bicyclic) bond motifs is 3. The third-order valence-electron chi connectivity index (χ3n) is 5.83. The number of thiazole rings is 1. The third-order valence-corrected chi connectivity index (χ3v) is 6.82. The number of amides is 1. The predicted molar refractivity (Wildman–Crippen MR) is 107 cm³/mol. The van der Waals surface area contributed by atoms with Crippen LogP contribution in [0.15, 0.2) is 12.1 Å². The first-order chi connectivity index (χ1) is 13.7. The molecule has 2 bridgehead atoms. The largest absolute Gasteiger partial charge is 0.494 e. The number of nitrogens with zero attached hydrogens (tertiary/aromatic N) is 3. The van der Waals surface area contributed by atoms with Gasteiger partial charge in [-0.05, 0) is 37.3 Å². The lowest BCUT2D eigenvalue weighted by Crippen LogP contribution is -2.36. The summed E-state index contributed by atoms with van der Waals surface area (Å²) in [7, 11) is 1.63. The van der Waals surface area contributed by atoms with Crippen LogP contribution in [-0.4, -0.2) is 62.1 Å². The van der Waals surface area contributed by atoms with Crippen LogP contribution >= 0.6 is 11.3 Å². The molecule has 0 unspecified atom stereocenters. The number of ether oxygens (including phenoxy) is 2. The topological polar surface area (TPSA) is 76.2 Å². The highest BCUT2D eigenvalue weighted by atomic mass is 32.1. The van der Waals surface area contributed by atoms with Crippen LogP contribution in [0.5, 0.6) is 5.75 Å². The fourth-order valence-electron chi connectivity index (χ4n) is 4.45. The van der Waals surface area contributed by atoms with Crippen LogP contribution in [0.1, 0.15) is 19.3 Å². The van der Waals surface area contributed by atoms with Gasteiger partial charge >= 0.3 is 6.09 Å². The number of benzene rings is 1. The molecular formula is C19H24N4O4S. The Bertz CT molecular complexity index is 882.